The van der Waals surface area contributed by atoms with Gasteiger partial charge < -0.3 is 14.9 Å². The Morgan fingerprint density at radius 1 is 1.17 bits per heavy atom. The number of hydrogen-bond acceptors (Lipinski definition) is 4. The Labute approximate surface area is 139 Å². The highest BCUT2D eigenvalue weighted by molar-refractivity contribution is 6.45. The number of carbonyl (C=O) groups excluding carboxylic acids is 1. The molecule has 0 aliphatic carbocycles. The Kier molecular flexibility index (Phi) is 6.00. The fourth-order valence-corrected chi connectivity index (χ4v) is 2.12. The van der Waals surface area contributed by atoms with E-state index in [0.29, 0.717) is 16.3 Å². The summed E-state index contributed by atoms with van der Waals surface area (Å²) in [4.78, 5) is 16.8. The standard InChI is InChI=1S/C17H17ClN2O3/c1-19-17(21)16(20-22-2)15-6-4-3-5-12(15)11-23-14-9-7-13(18)8-10-14/h3-10H,11H2,1-2H3,(H,19,21)/b20-16+. The van der Waals surface area contributed by atoms with Gasteiger partial charge in [0.2, 0.25) is 0 Å². The van der Waals surface area contributed by atoms with Gasteiger partial charge in [-0.25, -0.2) is 0 Å². The van der Waals surface area contributed by atoms with Crippen molar-refractivity contribution < 1.29 is 14.4 Å². The Hall–Kier alpha value is -2.53. The molecule has 0 spiro atoms. The largest absolute Gasteiger partial charge is 0.489 e. The van der Waals surface area contributed by atoms with Gasteiger partial charge in [0.15, 0.2) is 5.71 Å². The van der Waals surface area contributed by atoms with E-state index in [9.17, 15) is 4.79 Å². The van der Waals surface area contributed by atoms with E-state index in [0.717, 1.165) is 5.56 Å². The number of rotatable bonds is 6. The molecule has 0 atom stereocenters. The molecule has 2 aromatic carbocycles. The lowest BCUT2D eigenvalue weighted by atomic mass is 10.0. The summed E-state index contributed by atoms with van der Waals surface area (Å²) in [7, 11) is 2.94. The summed E-state index contributed by atoms with van der Waals surface area (Å²) in [5.41, 5.74) is 1.68. The van der Waals surface area contributed by atoms with Gasteiger partial charge in [0, 0.05) is 17.6 Å². The average Bonchev–Trinajstić information content (AvgIpc) is 2.59. The van der Waals surface area contributed by atoms with Crippen LogP contribution < -0.4 is 10.1 Å². The van der Waals surface area contributed by atoms with Crippen LogP contribution >= 0.6 is 11.6 Å². The number of halogens is 1. The zero-order valence-electron chi connectivity index (χ0n) is 12.9. The molecule has 0 saturated heterocycles. The van der Waals surface area contributed by atoms with Crippen molar-refractivity contribution in [2.45, 2.75) is 6.61 Å². The van der Waals surface area contributed by atoms with Gasteiger partial charge in [-0.2, -0.15) is 0 Å². The second kappa shape index (κ2) is 8.19. The molecule has 0 fully saturated rings. The molecule has 5 nitrogen and oxygen atoms in total. The van der Waals surface area contributed by atoms with E-state index in [1.807, 2.05) is 18.2 Å². The number of carbonyl (C=O) groups is 1. The third-order valence-electron chi connectivity index (χ3n) is 3.11. The lowest BCUT2D eigenvalue weighted by Gasteiger charge is -2.12. The molecular formula is C17H17ClN2O3. The Morgan fingerprint density at radius 3 is 2.52 bits per heavy atom. The van der Waals surface area contributed by atoms with Gasteiger partial charge in [-0.1, -0.05) is 41.0 Å². The molecule has 2 aromatic rings. The molecule has 2 rings (SSSR count). The maximum absolute atomic E-state index is 12.0. The molecule has 0 radical (unpaired) electrons. The second-order valence-corrected chi connectivity index (χ2v) is 5.04. The van der Waals surface area contributed by atoms with E-state index in [1.54, 1.807) is 37.4 Å². The highest BCUT2D eigenvalue weighted by Gasteiger charge is 2.17. The maximum atomic E-state index is 12.0. The molecule has 6 heteroatoms. The molecule has 0 aromatic heterocycles. The number of amides is 1. The van der Waals surface area contributed by atoms with E-state index >= 15 is 0 Å². The van der Waals surface area contributed by atoms with Crippen LogP contribution in [-0.4, -0.2) is 25.8 Å². The van der Waals surface area contributed by atoms with Crippen LogP contribution in [0.5, 0.6) is 5.75 Å². The van der Waals surface area contributed by atoms with Crippen LogP contribution in [0.4, 0.5) is 0 Å². The molecule has 1 amide bonds. The molecule has 0 bridgehead atoms. The van der Waals surface area contributed by atoms with Crippen LogP contribution in [0.1, 0.15) is 11.1 Å². The molecule has 0 unspecified atom stereocenters. The van der Waals surface area contributed by atoms with E-state index < -0.39 is 0 Å². The van der Waals surface area contributed by atoms with Crippen molar-refractivity contribution in [3.05, 3.63) is 64.7 Å². The smallest absolute Gasteiger partial charge is 0.273 e. The quantitative estimate of drug-likeness (QED) is 0.653. The second-order valence-electron chi connectivity index (χ2n) is 4.60. The third-order valence-corrected chi connectivity index (χ3v) is 3.36. The third kappa shape index (κ3) is 4.47. The van der Waals surface area contributed by atoms with Gasteiger partial charge in [-0.3, -0.25) is 4.79 Å². The number of nitrogens with one attached hydrogen (secondary N) is 1. The molecule has 0 aliphatic rings. The summed E-state index contributed by atoms with van der Waals surface area (Å²) in [5, 5.41) is 7.02. The lowest BCUT2D eigenvalue weighted by Crippen LogP contribution is -2.29. The van der Waals surface area contributed by atoms with Crippen LogP contribution in [-0.2, 0) is 16.2 Å². The van der Waals surface area contributed by atoms with Crippen molar-refractivity contribution in [3.63, 3.8) is 0 Å². The van der Waals surface area contributed by atoms with Gasteiger partial charge in [-0.15, -0.1) is 0 Å². The zero-order valence-corrected chi connectivity index (χ0v) is 13.6. The van der Waals surface area contributed by atoms with Crippen LogP contribution in [0.15, 0.2) is 53.7 Å². The monoisotopic (exact) mass is 332 g/mol. The Balaban J connectivity index is 2.24. The maximum Gasteiger partial charge on any atom is 0.273 e. The number of oxime groups is 1. The number of ether oxygens (including phenoxy) is 1. The SMILES string of the molecule is CNC(=O)/C(=N/OC)c1ccccc1COc1ccc(Cl)cc1. The van der Waals surface area contributed by atoms with Crippen molar-refractivity contribution >= 4 is 23.2 Å². The molecule has 0 aliphatic heterocycles. The molecule has 120 valence electrons. The number of hydrogen-bond donors (Lipinski definition) is 1. The fraction of sp³-hybridized carbons (Fsp3) is 0.176. The van der Waals surface area contributed by atoms with Crippen LogP contribution in [0.3, 0.4) is 0 Å². The number of benzene rings is 2. The summed E-state index contributed by atoms with van der Waals surface area (Å²) in [5.74, 6) is 0.361. The van der Waals surface area contributed by atoms with Crippen LogP contribution in [0, 0.1) is 0 Å². The number of nitrogens with zero attached hydrogens (tertiary/aromatic N) is 1. The van der Waals surface area contributed by atoms with E-state index in [2.05, 4.69) is 10.5 Å². The van der Waals surface area contributed by atoms with Crippen molar-refractivity contribution in [3.8, 4) is 5.75 Å². The summed E-state index contributed by atoms with van der Waals surface area (Å²) in [6, 6.07) is 14.5. The Bertz CT molecular complexity index is 699. The first kappa shape index (κ1) is 16.8. The van der Waals surface area contributed by atoms with Gasteiger partial charge in [-0.05, 0) is 29.8 Å². The summed E-state index contributed by atoms with van der Waals surface area (Å²) in [6.07, 6.45) is 0. The van der Waals surface area contributed by atoms with Crippen LogP contribution in [0.25, 0.3) is 0 Å². The zero-order chi connectivity index (χ0) is 16.7. The van der Waals surface area contributed by atoms with E-state index in [4.69, 9.17) is 21.2 Å². The minimum absolute atomic E-state index is 0.199. The predicted octanol–water partition coefficient (Wildman–Crippen LogP) is 3.02. The van der Waals surface area contributed by atoms with Crippen molar-refractivity contribution in [2.75, 3.05) is 14.2 Å². The predicted molar refractivity (Wildman–Crippen MR) is 89.8 cm³/mol. The Morgan fingerprint density at radius 2 is 1.87 bits per heavy atom. The van der Waals surface area contributed by atoms with Crippen LogP contribution in [0.2, 0.25) is 5.02 Å². The molecule has 1 N–H and O–H groups in total. The van der Waals surface area contributed by atoms with E-state index in [1.165, 1.54) is 7.11 Å². The van der Waals surface area contributed by atoms with Gasteiger partial charge >= 0.3 is 0 Å². The van der Waals surface area contributed by atoms with Crippen molar-refractivity contribution in [2.24, 2.45) is 5.16 Å². The van der Waals surface area contributed by atoms with Gasteiger partial charge in [0.05, 0.1) is 0 Å². The summed E-state index contributed by atoms with van der Waals surface area (Å²) >= 11 is 5.85. The average molecular weight is 333 g/mol. The van der Waals surface area contributed by atoms with Crippen molar-refractivity contribution in [1.29, 1.82) is 0 Å². The molecule has 23 heavy (non-hydrogen) atoms. The van der Waals surface area contributed by atoms with Gasteiger partial charge in [0.25, 0.3) is 5.91 Å². The minimum atomic E-state index is -0.328. The number of likely N-dealkylation sites (N-methyl/N-ethyl adjacent to an activating group) is 1. The van der Waals surface area contributed by atoms with E-state index in [-0.39, 0.29) is 18.2 Å². The molecular weight excluding hydrogens is 316 g/mol. The molecule has 0 saturated carbocycles. The normalized spacial score (nSPS) is 11.0. The van der Waals surface area contributed by atoms with Crippen molar-refractivity contribution in [1.82, 2.24) is 5.32 Å². The van der Waals surface area contributed by atoms with Gasteiger partial charge in [0.1, 0.15) is 19.5 Å². The highest BCUT2D eigenvalue weighted by Crippen LogP contribution is 2.18. The first-order valence-corrected chi connectivity index (χ1v) is 7.33. The summed E-state index contributed by atoms with van der Waals surface area (Å²) in [6.45, 7) is 0.289. The minimum Gasteiger partial charge on any atom is -0.489 e. The molecule has 0 heterocycles. The first-order valence-electron chi connectivity index (χ1n) is 6.95. The lowest BCUT2D eigenvalue weighted by molar-refractivity contribution is -0.114. The first-order chi connectivity index (χ1) is 11.2. The highest BCUT2D eigenvalue weighted by atomic mass is 35.5. The fourth-order valence-electron chi connectivity index (χ4n) is 1.99. The topological polar surface area (TPSA) is 59.9 Å². The summed E-state index contributed by atoms with van der Waals surface area (Å²) < 4.78 is 5.74.